The molecule has 0 bridgehead atoms. The summed E-state index contributed by atoms with van der Waals surface area (Å²) in [5.74, 6) is -1.58. The summed E-state index contributed by atoms with van der Waals surface area (Å²) in [6.07, 6.45) is 3.64. The maximum Gasteiger partial charge on any atom is 0.309 e. The molecule has 0 aromatic rings. The first-order chi connectivity index (χ1) is 8.78. The van der Waals surface area contributed by atoms with E-state index < -0.39 is 5.97 Å². The Hall–Kier alpha value is -1.32. The highest BCUT2D eigenvalue weighted by Gasteiger charge is 2.64. The molecule has 4 heteroatoms. The smallest absolute Gasteiger partial charge is 0.309 e. The second-order valence-electron chi connectivity index (χ2n) is 7.08. The van der Waals surface area contributed by atoms with Crippen molar-refractivity contribution < 1.29 is 19.4 Å². The molecule has 0 N–H and O–H groups in total. The third-order valence-corrected chi connectivity index (χ3v) is 5.44. The van der Waals surface area contributed by atoms with Gasteiger partial charge in [0.15, 0.2) is 0 Å². The molecule has 1 saturated heterocycles. The molecule has 1 spiro atoms. The molecule has 3 aliphatic rings. The van der Waals surface area contributed by atoms with Crippen LogP contribution in [0.25, 0.3) is 0 Å². The van der Waals surface area contributed by atoms with Crippen LogP contribution in [0.5, 0.6) is 0 Å². The molecule has 4 atom stereocenters. The largest absolute Gasteiger partial charge is 0.545 e. The Bertz CT molecular complexity index is 490. The van der Waals surface area contributed by atoms with Gasteiger partial charge in [0.05, 0.1) is 18.5 Å². The summed E-state index contributed by atoms with van der Waals surface area (Å²) < 4.78 is 5.18. The van der Waals surface area contributed by atoms with E-state index in [-0.39, 0.29) is 41.2 Å². The lowest BCUT2D eigenvalue weighted by atomic mass is 9.61. The number of carboxylic acids is 1. The van der Waals surface area contributed by atoms with Gasteiger partial charge in [-0.2, -0.15) is 0 Å². The Morgan fingerprint density at radius 3 is 2.79 bits per heavy atom. The maximum atomic E-state index is 12.0. The van der Waals surface area contributed by atoms with Crippen LogP contribution in [0.2, 0.25) is 0 Å². The number of aliphatic carboxylic acids is 1. The van der Waals surface area contributed by atoms with Crippen molar-refractivity contribution in [2.45, 2.75) is 33.6 Å². The standard InChI is InChI=1S/C15H20O4/c1-8-13(18)19-6-11-10(12(16)17)4-9-5-14(2,3)7-15(8,9)11/h4,8-9,11H,5-7H2,1-3H3,(H,16,17)/p-1/t8-,9-,11+,15-/m1/s1. The minimum atomic E-state index is -1.11. The summed E-state index contributed by atoms with van der Waals surface area (Å²) in [7, 11) is 0. The van der Waals surface area contributed by atoms with Crippen molar-refractivity contribution in [3.63, 3.8) is 0 Å². The van der Waals surface area contributed by atoms with E-state index in [1.54, 1.807) is 0 Å². The lowest BCUT2D eigenvalue weighted by molar-refractivity contribution is -0.300. The molecular weight excluding hydrogens is 244 g/mol. The fourth-order valence-electron chi connectivity index (χ4n) is 4.78. The highest BCUT2D eigenvalue weighted by molar-refractivity contribution is 5.88. The van der Waals surface area contributed by atoms with Crippen molar-refractivity contribution in [3.8, 4) is 0 Å². The number of hydrogen-bond donors (Lipinski definition) is 0. The molecule has 0 radical (unpaired) electrons. The third kappa shape index (κ3) is 1.52. The molecule has 1 aliphatic heterocycles. The van der Waals surface area contributed by atoms with Gasteiger partial charge in [-0.05, 0) is 29.7 Å². The molecule has 1 heterocycles. The zero-order valence-corrected chi connectivity index (χ0v) is 11.6. The fraction of sp³-hybridized carbons (Fsp3) is 0.733. The van der Waals surface area contributed by atoms with E-state index >= 15 is 0 Å². The summed E-state index contributed by atoms with van der Waals surface area (Å²) in [5, 5.41) is 11.3. The fourth-order valence-corrected chi connectivity index (χ4v) is 4.78. The van der Waals surface area contributed by atoms with Gasteiger partial charge in [0, 0.05) is 11.3 Å². The van der Waals surface area contributed by atoms with E-state index in [9.17, 15) is 14.7 Å². The van der Waals surface area contributed by atoms with Gasteiger partial charge >= 0.3 is 5.97 Å². The van der Waals surface area contributed by atoms with Gasteiger partial charge in [0.25, 0.3) is 0 Å². The molecular formula is C15H19O4-. The zero-order chi connectivity index (χ0) is 14.0. The second-order valence-corrected chi connectivity index (χ2v) is 7.08. The van der Waals surface area contributed by atoms with Gasteiger partial charge in [-0.25, -0.2) is 0 Å². The number of hydrogen-bond acceptors (Lipinski definition) is 4. The second kappa shape index (κ2) is 3.62. The van der Waals surface area contributed by atoms with E-state index in [2.05, 4.69) is 13.8 Å². The monoisotopic (exact) mass is 263 g/mol. The van der Waals surface area contributed by atoms with Crippen molar-refractivity contribution in [1.82, 2.24) is 0 Å². The highest BCUT2D eigenvalue weighted by atomic mass is 16.5. The van der Waals surface area contributed by atoms with Crippen LogP contribution in [0.1, 0.15) is 33.6 Å². The van der Waals surface area contributed by atoms with Crippen molar-refractivity contribution in [2.75, 3.05) is 6.61 Å². The molecule has 0 amide bonds. The van der Waals surface area contributed by atoms with Gasteiger partial charge in [0.1, 0.15) is 0 Å². The predicted octanol–water partition coefficient (Wildman–Crippen LogP) is 0.908. The molecule has 2 aliphatic carbocycles. The summed E-state index contributed by atoms with van der Waals surface area (Å²) >= 11 is 0. The Labute approximate surface area is 112 Å². The number of cyclic esters (lactones) is 1. The maximum absolute atomic E-state index is 12.0. The van der Waals surface area contributed by atoms with E-state index in [1.807, 2.05) is 13.0 Å². The summed E-state index contributed by atoms with van der Waals surface area (Å²) in [5.41, 5.74) is 0.219. The first kappa shape index (κ1) is 12.7. The summed E-state index contributed by atoms with van der Waals surface area (Å²) in [4.78, 5) is 23.3. The Morgan fingerprint density at radius 1 is 1.47 bits per heavy atom. The summed E-state index contributed by atoms with van der Waals surface area (Å²) in [6, 6.07) is 0. The number of carbonyl (C=O) groups excluding carboxylic acids is 2. The van der Waals surface area contributed by atoms with Crippen LogP contribution in [-0.4, -0.2) is 18.5 Å². The molecule has 3 rings (SSSR count). The Balaban J connectivity index is 2.09. The molecule has 104 valence electrons. The first-order valence-electron chi connectivity index (χ1n) is 6.88. The lowest BCUT2D eigenvalue weighted by Gasteiger charge is -2.45. The molecule has 2 fully saturated rings. The van der Waals surface area contributed by atoms with Crippen LogP contribution in [0.15, 0.2) is 11.6 Å². The van der Waals surface area contributed by atoms with Gasteiger partial charge in [-0.15, -0.1) is 0 Å². The van der Waals surface area contributed by atoms with Crippen molar-refractivity contribution in [2.24, 2.45) is 28.6 Å². The van der Waals surface area contributed by atoms with Gasteiger partial charge in [0.2, 0.25) is 0 Å². The number of esters is 1. The molecule has 1 saturated carbocycles. The third-order valence-electron chi connectivity index (χ3n) is 5.44. The molecule has 0 aromatic carbocycles. The molecule has 19 heavy (non-hydrogen) atoms. The van der Waals surface area contributed by atoms with Crippen LogP contribution >= 0.6 is 0 Å². The van der Waals surface area contributed by atoms with Crippen molar-refractivity contribution >= 4 is 11.9 Å². The minimum absolute atomic E-state index is 0.142. The van der Waals surface area contributed by atoms with Crippen LogP contribution < -0.4 is 5.11 Å². The molecule has 0 unspecified atom stereocenters. The topological polar surface area (TPSA) is 66.4 Å². The van der Waals surface area contributed by atoms with E-state index in [0.29, 0.717) is 5.57 Å². The minimum Gasteiger partial charge on any atom is -0.545 e. The van der Waals surface area contributed by atoms with E-state index in [4.69, 9.17) is 4.74 Å². The van der Waals surface area contributed by atoms with Crippen molar-refractivity contribution in [3.05, 3.63) is 11.6 Å². The SMILES string of the molecule is C[C@@H]1C(=O)OC[C@H]2C(C(=O)[O-])=C[C@@H]3CC(C)(C)C[C@]312. The summed E-state index contributed by atoms with van der Waals surface area (Å²) in [6.45, 7) is 6.46. The number of allylic oxidation sites excluding steroid dienone is 1. The van der Waals surface area contributed by atoms with Gasteiger partial charge < -0.3 is 14.6 Å². The quantitative estimate of drug-likeness (QED) is 0.659. The number of ether oxygens (including phenoxy) is 1. The number of rotatable bonds is 1. The van der Waals surface area contributed by atoms with E-state index in [0.717, 1.165) is 12.8 Å². The van der Waals surface area contributed by atoms with Crippen LogP contribution in [0.4, 0.5) is 0 Å². The molecule has 4 nitrogen and oxygen atoms in total. The van der Waals surface area contributed by atoms with Crippen LogP contribution in [0.3, 0.4) is 0 Å². The normalized spacial score (nSPS) is 43.2. The zero-order valence-electron chi connectivity index (χ0n) is 11.6. The van der Waals surface area contributed by atoms with Gasteiger partial charge in [-0.1, -0.05) is 26.8 Å². The van der Waals surface area contributed by atoms with Crippen LogP contribution in [0, 0.1) is 28.6 Å². The highest BCUT2D eigenvalue weighted by Crippen LogP contribution is 2.66. The number of carbonyl (C=O) groups is 2. The van der Waals surface area contributed by atoms with Crippen LogP contribution in [-0.2, 0) is 14.3 Å². The van der Waals surface area contributed by atoms with Gasteiger partial charge in [-0.3, -0.25) is 4.79 Å². The number of carboxylic acid groups (broad SMARTS) is 1. The Morgan fingerprint density at radius 2 is 2.16 bits per heavy atom. The average molecular weight is 263 g/mol. The lowest BCUT2D eigenvalue weighted by Crippen LogP contribution is -2.49. The molecule has 0 aromatic heterocycles. The first-order valence-corrected chi connectivity index (χ1v) is 6.88. The van der Waals surface area contributed by atoms with E-state index in [1.165, 1.54) is 0 Å². The predicted molar refractivity (Wildman–Crippen MR) is 65.6 cm³/mol. The Kier molecular flexibility index (Phi) is 2.42. The average Bonchev–Trinajstić information content (AvgIpc) is 2.72. The van der Waals surface area contributed by atoms with Crippen molar-refractivity contribution in [1.29, 1.82) is 0 Å².